The van der Waals surface area contributed by atoms with Crippen LogP contribution < -0.4 is 18.9 Å². The van der Waals surface area contributed by atoms with Gasteiger partial charge < -0.3 is 18.9 Å². The molecule has 2 rings (SSSR count). The third kappa shape index (κ3) is 5.26. The molecule has 5 nitrogen and oxygen atoms in total. The van der Waals surface area contributed by atoms with Crippen LogP contribution in [-0.4, -0.2) is 32.7 Å². The lowest BCUT2D eigenvalue weighted by atomic mass is 10.1. The summed E-state index contributed by atoms with van der Waals surface area (Å²) in [6, 6.07) is 10.8. The Bertz CT molecular complexity index is 795. The van der Waals surface area contributed by atoms with Gasteiger partial charge in [-0.25, -0.2) is 0 Å². The van der Waals surface area contributed by atoms with Gasteiger partial charge in [-0.05, 0) is 51.1 Å². The van der Waals surface area contributed by atoms with Gasteiger partial charge >= 0.3 is 0 Å². The number of carbonyl (C=O) groups is 1. The van der Waals surface area contributed by atoms with Crippen LogP contribution in [0.15, 0.2) is 42.5 Å². The fourth-order valence-electron chi connectivity index (χ4n) is 2.63. The van der Waals surface area contributed by atoms with Crippen LogP contribution in [0.25, 0.3) is 6.08 Å². The Morgan fingerprint density at radius 3 is 2.30 bits per heavy atom. The van der Waals surface area contributed by atoms with Crippen molar-refractivity contribution in [1.29, 1.82) is 0 Å². The molecule has 2 aromatic rings. The first-order valence-corrected chi connectivity index (χ1v) is 9.06. The fraction of sp³-hybridized carbons (Fsp3) is 0.318. The summed E-state index contributed by atoms with van der Waals surface area (Å²) in [4.78, 5) is 12.7. The molecule has 0 saturated carbocycles. The number of methoxy groups -OCH3 is 1. The molecule has 27 heavy (non-hydrogen) atoms. The number of carbonyl (C=O) groups excluding carboxylic acids is 1. The van der Waals surface area contributed by atoms with Crippen molar-refractivity contribution in [2.24, 2.45) is 0 Å². The minimum absolute atomic E-state index is 0.151. The van der Waals surface area contributed by atoms with Gasteiger partial charge in [-0.3, -0.25) is 4.79 Å². The maximum atomic E-state index is 12.7. The number of hydrogen-bond donors (Lipinski definition) is 0. The molecule has 0 N–H and O–H groups in total. The van der Waals surface area contributed by atoms with Crippen LogP contribution in [-0.2, 0) is 0 Å². The molecule has 0 aromatic heterocycles. The van der Waals surface area contributed by atoms with Crippen LogP contribution in [0.2, 0.25) is 0 Å². The Hall–Kier alpha value is -2.95. The number of hydrogen-bond acceptors (Lipinski definition) is 5. The lowest BCUT2D eigenvalue weighted by Crippen LogP contribution is -2.02. The van der Waals surface area contributed by atoms with E-state index >= 15 is 0 Å². The van der Waals surface area contributed by atoms with Gasteiger partial charge in [0.25, 0.3) is 0 Å². The van der Waals surface area contributed by atoms with Crippen LogP contribution in [0, 0.1) is 0 Å². The summed E-state index contributed by atoms with van der Waals surface area (Å²) in [5.41, 5.74) is 1.23. The molecule has 2 aromatic carbocycles. The Balaban J connectivity index is 2.39. The molecule has 0 radical (unpaired) electrons. The summed E-state index contributed by atoms with van der Waals surface area (Å²) in [6.45, 7) is 7.19. The van der Waals surface area contributed by atoms with Crippen LogP contribution in [0.1, 0.15) is 36.7 Å². The highest BCUT2D eigenvalue weighted by Gasteiger charge is 2.14. The highest BCUT2D eigenvalue weighted by Crippen LogP contribution is 2.37. The molecule has 0 saturated heterocycles. The molecule has 0 aliphatic carbocycles. The summed E-state index contributed by atoms with van der Waals surface area (Å²) in [5, 5.41) is 0. The largest absolute Gasteiger partial charge is 0.494 e. The second-order valence-electron chi connectivity index (χ2n) is 5.54. The van der Waals surface area contributed by atoms with Gasteiger partial charge in [0.2, 0.25) is 0 Å². The van der Waals surface area contributed by atoms with E-state index < -0.39 is 0 Å². The van der Waals surface area contributed by atoms with Crippen LogP contribution in [0.3, 0.4) is 0 Å². The Morgan fingerprint density at radius 1 is 0.926 bits per heavy atom. The van der Waals surface area contributed by atoms with Gasteiger partial charge in [-0.2, -0.15) is 0 Å². The summed E-state index contributed by atoms with van der Waals surface area (Å²) in [7, 11) is 1.57. The standard InChI is InChI=1S/C22H26O5/c1-5-25-17-14-16(22(27-7-3)21(15-17)24-4)12-13-19(23)18-10-8-9-11-20(18)26-6-2/h8-15H,5-7H2,1-4H3/b13-12+. The molecular weight excluding hydrogens is 344 g/mol. The molecular formula is C22H26O5. The summed E-state index contributed by atoms with van der Waals surface area (Å²) >= 11 is 0. The number of ether oxygens (including phenoxy) is 4. The maximum Gasteiger partial charge on any atom is 0.189 e. The predicted octanol–water partition coefficient (Wildman–Crippen LogP) is 4.79. The predicted molar refractivity (Wildman–Crippen MR) is 106 cm³/mol. The van der Waals surface area contributed by atoms with Crippen molar-refractivity contribution in [3.05, 3.63) is 53.6 Å². The number of ketones is 1. The van der Waals surface area contributed by atoms with Gasteiger partial charge in [0, 0.05) is 11.6 Å². The van der Waals surface area contributed by atoms with Gasteiger partial charge in [-0.1, -0.05) is 12.1 Å². The average molecular weight is 370 g/mol. The van der Waals surface area contributed by atoms with Crippen molar-refractivity contribution < 1.29 is 23.7 Å². The smallest absolute Gasteiger partial charge is 0.189 e. The third-order valence-electron chi connectivity index (χ3n) is 3.74. The molecule has 144 valence electrons. The quantitative estimate of drug-likeness (QED) is 0.445. The van der Waals surface area contributed by atoms with Gasteiger partial charge in [-0.15, -0.1) is 0 Å². The van der Waals surface area contributed by atoms with Crippen molar-refractivity contribution >= 4 is 11.9 Å². The molecule has 0 aliphatic heterocycles. The van der Waals surface area contributed by atoms with E-state index in [0.717, 1.165) is 0 Å². The molecule has 0 fully saturated rings. The van der Waals surface area contributed by atoms with Crippen molar-refractivity contribution in [3.63, 3.8) is 0 Å². The Labute approximate surface area is 160 Å². The molecule has 0 amide bonds. The average Bonchev–Trinajstić information content (AvgIpc) is 2.68. The van der Waals surface area contributed by atoms with E-state index in [9.17, 15) is 4.79 Å². The zero-order valence-electron chi connectivity index (χ0n) is 16.3. The van der Waals surface area contributed by atoms with E-state index in [4.69, 9.17) is 18.9 Å². The summed E-state index contributed by atoms with van der Waals surface area (Å²) in [6.07, 6.45) is 3.21. The minimum atomic E-state index is -0.151. The molecule has 0 spiro atoms. The second kappa shape index (κ2) is 10.3. The number of para-hydroxylation sites is 1. The van der Waals surface area contributed by atoms with E-state index in [2.05, 4.69) is 0 Å². The topological polar surface area (TPSA) is 54.0 Å². The van der Waals surface area contributed by atoms with E-state index in [0.29, 0.717) is 53.9 Å². The first-order valence-electron chi connectivity index (χ1n) is 9.06. The molecule has 0 heterocycles. The SMILES string of the molecule is CCOc1cc(/C=C/C(=O)c2ccccc2OCC)c(OCC)c(OC)c1. The fourth-order valence-corrected chi connectivity index (χ4v) is 2.63. The number of rotatable bonds is 10. The normalized spacial score (nSPS) is 10.7. The Morgan fingerprint density at radius 2 is 1.63 bits per heavy atom. The third-order valence-corrected chi connectivity index (χ3v) is 3.74. The molecule has 0 atom stereocenters. The summed E-state index contributed by atoms with van der Waals surface area (Å²) < 4.78 is 22.3. The summed E-state index contributed by atoms with van der Waals surface area (Å²) in [5.74, 6) is 2.21. The molecule has 0 unspecified atom stereocenters. The van der Waals surface area contributed by atoms with Crippen molar-refractivity contribution in [3.8, 4) is 23.0 Å². The van der Waals surface area contributed by atoms with Crippen molar-refractivity contribution in [2.45, 2.75) is 20.8 Å². The zero-order valence-corrected chi connectivity index (χ0v) is 16.3. The lowest BCUT2D eigenvalue weighted by Gasteiger charge is -2.14. The van der Waals surface area contributed by atoms with Gasteiger partial charge in [0.1, 0.15) is 11.5 Å². The van der Waals surface area contributed by atoms with E-state index in [1.165, 1.54) is 6.08 Å². The Kier molecular flexibility index (Phi) is 7.74. The minimum Gasteiger partial charge on any atom is -0.494 e. The van der Waals surface area contributed by atoms with E-state index in [1.54, 1.807) is 31.4 Å². The van der Waals surface area contributed by atoms with Crippen molar-refractivity contribution in [2.75, 3.05) is 26.9 Å². The van der Waals surface area contributed by atoms with Crippen LogP contribution >= 0.6 is 0 Å². The van der Waals surface area contributed by atoms with E-state index in [1.807, 2.05) is 39.0 Å². The monoisotopic (exact) mass is 370 g/mol. The zero-order chi connectivity index (χ0) is 19.6. The van der Waals surface area contributed by atoms with Gasteiger partial charge in [0.05, 0.1) is 32.5 Å². The highest BCUT2D eigenvalue weighted by atomic mass is 16.5. The van der Waals surface area contributed by atoms with E-state index in [-0.39, 0.29) is 5.78 Å². The van der Waals surface area contributed by atoms with Gasteiger partial charge in [0.15, 0.2) is 17.3 Å². The number of benzene rings is 2. The first kappa shape index (κ1) is 20.4. The molecule has 0 bridgehead atoms. The maximum absolute atomic E-state index is 12.7. The lowest BCUT2D eigenvalue weighted by molar-refractivity contribution is 0.104. The highest BCUT2D eigenvalue weighted by molar-refractivity contribution is 6.08. The first-order chi connectivity index (χ1) is 13.1. The molecule has 0 aliphatic rings. The molecule has 5 heteroatoms. The van der Waals surface area contributed by atoms with Crippen molar-refractivity contribution in [1.82, 2.24) is 0 Å². The van der Waals surface area contributed by atoms with Crippen LogP contribution in [0.4, 0.5) is 0 Å². The number of allylic oxidation sites excluding steroid dienone is 1. The van der Waals surface area contributed by atoms with Crippen LogP contribution in [0.5, 0.6) is 23.0 Å². The second-order valence-corrected chi connectivity index (χ2v) is 5.54.